The van der Waals surface area contributed by atoms with Gasteiger partial charge in [-0.2, -0.15) is 15.3 Å². The summed E-state index contributed by atoms with van der Waals surface area (Å²) in [5, 5.41) is 26.1. The van der Waals surface area contributed by atoms with Gasteiger partial charge in [-0.05, 0) is 27.7 Å². The predicted octanol–water partition coefficient (Wildman–Crippen LogP) is 1.93. The first-order chi connectivity index (χ1) is 13.2. The Balaban J connectivity index is 1.70. The zero-order valence-corrected chi connectivity index (χ0v) is 16.2. The first-order valence-electron chi connectivity index (χ1n) is 8.77. The van der Waals surface area contributed by atoms with Crippen molar-refractivity contribution in [1.29, 1.82) is 0 Å². The van der Waals surface area contributed by atoms with Crippen LogP contribution in [0.25, 0.3) is 0 Å². The van der Waals surface area contributed by atoms with Gasteiger partial charge in [0.15, 0.2) is 0 Å². The van der Waals surface area contributed by atoms with E-state index in [4.69, 9.17) is 0 Å². The Morgan fingerprint density at radius 2 is 1.96 bits per heavy atom. The number of nitrogens with zero attached hydrogens (tertiary/aromatic N) is 7. The first-order valence-corrected chi connectivity index (χ1v) is 8.77. The molecule has 0 aliphatic rings. The Morgan fingerprint density at radius 3 is 2.57 bits per heavy atom. The van der Waals surface area contributed by atoms with Gasteiger partial charge in [-0.15, -0.1) is 0 Å². The SMILES string of the molecule is CCn1ncc(Cn2cc(NC(=O)C(C)(C)n3cc([N+](=O)[O-])cn3)cn2)c1C. The largest absolute Gasteiger partial charge is 0.321 e. The number of amides is 1. The van der Waals surface area contributed by atoms with E-state index in [1.807, 2.05) is 24.7 Å². The summed E-state index contributed by atoms with van der Waals surface area (Å²) < 4.78 is 4.89. The molecule has 0 spiro atoms. The van der Waals surface area contributed by atoms with E-state index in [-0.39, 0.29) is 11.6 Å². The average Bonchev–Trinajstić information content (AvgIpc) is 3.37. The highest BCUT2D eigenvalue weighted by atomic mass is 16.6. The van der Waals surface area contributed by atoms with E-state index in [0.29, 0.717) is 12.2 Å². The first kappa shape index (κ1) is 19.3. The highest BCUT2D eigenvalue weighted by molar-refractivity contribution is 5.95. The predicted molar refractivity (Wildman–Crippen MR) is 101 cm³/mol. The summed E-state index contributed by atoms with van der Waals surface area (Å²) in [5.41, 5.74) is 1.36. The molecule has 0 saturated carbocycles. The van der Waals surface area contributed by atoms with Crippen molar-refractivity contribution in [2.24, 2.45) is 0 Å². The van der Waals surface area contributed by atoms with E-state index in [9.17, 15) is 14.9 Å². The van der Waals surface area contributed by atoms with Gasteiger partial charge in [0.25, 0.3) is 5.91 Å². The molecular weight excluding hydrogens is 364 g/mol. The number of nitrogens with one attached hydrogen (secondary N) is 1. The standard InChI is InChI=1S/C17H22N8O3/c1-5-23-12(2)13(6-19-23)9-22-10-14(7-18-22)21-16(26)17(3,4)24-11-15(8-20-24)25(27)28/h6-8,10-11H,5,9H2,1-4H3,(H,21,26). The normalized spacial score (nSPS) is 11.6. The molecule has 28 heavy (non-hydrogen) atoms. The minimum absolute atomic E-state index is 0.170. The van der Waals surface area contributed by atoms with Crippen molar-refractivity contribution in [3.8, 4) is 0 Å². The van der Waals surface area contributed by atoms with Crippen molar-refractivity contribution in [1.82, 2.24) is 29.3 Å². The number of aromatic nitrogens is 6. The third-order valence-electron chi connectivity index (χ3n) is 4.64. The Morgan fingerprint density at radius 1 is 1.21 bits per heavy atom. The third kappa shape index (κ3) is 3.63. The van der Waals surface area contributed by atoms with E-state index in [0.717, 1.165) is 24.0 Å². The molecule has 0 bridgehead atoms. The molecule has 0 aliphatic heterocycles. The highest BCUT2D eigenvalue weighted by Crippen LogP contribution is 2.21. The van der Waals surface area contributed by atoms with E-state index in [1.165, 1.54) is 10.9 Å². The van der Waals surface area contributed by atoms with Crippen LogP contribution in [0.4, 0.5) is 11.4 Å². The van der Waals surface area contributed by atoms with Crippen LogP contribution in [0, 0.1) is 17.0 Å². The zero-order valence-electron chi connectivity index (χ0n) is 16.2. The van der Waals surface area contributed by atoms with Crippen LogP contribution in [0.1, 0.15) is 32.0 Å². The van der Waals surface area contributed by atoms with E-state index >= 15 is 0 Å². The molecule has 0 unspecified atom stereocenters. The highest BCUT2D eigenvalue weighted by Gasteiger charge is 2.32. The van der Waals surface area contributed by atoms with Gasteiger partial charge in [0.05, 0.1) is 29.5 Å². The molecule has 0 saturated heterocycles. The average molecular weight is 386 g/mol. The Labute approximate surface area is 161 Å². The molecule has 0 atom stereocenters. The topological polar surface area (TPSA) is 126 Å². The van der Waals surface area contributed by atoms with Crippen LogP contribution in [0.15, 0.2) is 31.0 Å². The lowest BCUT2D eigenvalue weighted by molar-refractivity contribution is -0.385. The number of hydrogen-bond acceptors (Lipinski definition) is 6. The van der Waals surface area contributed by atoms with Crippen molar-refractivity contribution in [3.63, 3.8) is 0 Å². The number of carbonyl (C=O) groups excluding carboxylic acids is 1. The van der Waals surface area contributed by atoms with Gasteiger partial charge in [0, 0.05) is 24.0 Å². The maximum absolute atomic E-state index is 12.7. The van der Waals surface area contributed by atoms with Gasteiger partial charge in [0.1, 0.15) is 17.9 Å². The van der Waals surface area contributed by atoms with Crippen LogP contribution in [0.5, 0.6) is 0 Å². The molecule has 3 heterocycles. The lowest BCUT2D eigenvalue weighted by Gasteiger charge is -2.23. The molecule has 11 heteroatoms. The van der Waals surface area contributed by atoms with Crippen molar-refractivity contribution in [3.05, 3.63) is 52.4 Å². The van der Waals surface area contributed by atoms with Crippen molar-refractivity contribution >= 4 is 17.3 Å². The number of nitro groups is 1. The fourth-order valence-electron chi connectivity index (χ4n) is 2.75. The Hall–Kier alpha value is -3.50. The summed E-state index contributed by atoms with van der Waals surface area (Å²) in [5.74, 6) is -0.361. The van der Waals surface area contributed by atoms with Crippen LogP contribution in [-0.2, 0) is 23.4 Å². The second kappa shape index (κ2) is 7.25. The van der Waals surface area contributed by atoms with Crippen LogP contribution in [-0.4, -0.2) is 40.2 Å². The third-order valence-corrected chi connectivity index (χ3v) is 4.64. The number of carbonyl (C=O) groups is 1. The van der Waals surface area contributed by atoms with Crippen LogP contribution >= 0.6 is 0 Å². The van der Waals surface area contributed by atoms with E-state index in [2.05, 4.69) is 20.6 Å². The smallest absolute Gasteiger partial charge is 0.307 e. The van der Waals surface area contributed by atoms with Gasteiger partial charge in [-0.25, -0.2) is 0 Å². The van der Waals surface area contributed by atoms with Gasteiger partial charge in [0.2, 0.25) is 0 Å². The molecular formula is C17H22N8O3. The van der Waals surface area contributed by atoms with Crippen LogP contribution in [0.2, 0.25) is 0 Å². The molecule has 1 amide bonds. The summed E-state index contributed by atoms with van der Waals surface area (Å²) in [7, 11) is 0. The zero-order chi connectivity index (χ0) is 20.5. The van der Waals surface area contributed by atoms with Crippen molar-refractivity contribution in [2.45, 2.75) is 46.3 Å². The van der Waals surface area contributed by atoms with E-state index in [1.54, 1.807) is 30.9 Å². The molecule has 3 aromatic rings. The summed E-state index contributed by atoms with van der Waals surface area (Å²) in [6, 6.07) is 0. The maximum Gasteiger partial charge on any atom is 0.307 e. The van der Waals surface area contributed by atoms with Crippen LogP contribution < -0.4 is 5.32 Å². The lowest BCUT2D eigenvalue weighted by atomic mass is 10.1. The fourth-order valence-corrected chi connectivity index (χ4v) is 2.75. The van der Waals surface area contributed by atoms with E-state index < -0.39 is 10.5 Å². The molecule has 11 nitrogen and oxygen atoms in total. The quantitative estimate of drug-likeness (QED) is 0.488. The summed E-state index contributed by atoms with van der Waals surface area (Å²) in [6.45, 7) is 8.63. The monoisotopic (exact) mass is 386 g/mol. The Kier molecular flexibility index (Phi) is 4.99. The van der Waals surface area contributed by atoms with Crippen LogP contribution in [0.3, 0.4) is 0 Å². The molecule has 3 aromatic heterocycles. The van der Waals surface area contributed by atoms with Gasteiger partial charge >= 0.3 is 5.69 Å². The maximum atomic E-state index is 12.7. The second-order valence-electron chi connectivity index (χ2n) is 6.91. The number of rotatable bonds is 7. The summed E-state index contributed by atoms with van der Waals surface area (Å²) in [4.78, 5) is 23.0. The number of hydrogen-bond donors (Lipinski definition) is 1. The Bertz CT molecular complexity index is 1010. The molecule has 0 aliphatic carbocycles. The van der Waals surface area contributed by atoms with Gasteiger partial charge < -0.3 is 5.32 Å². The molecule has 0 aromatic carbocycles. The van der Waals surface area contributed by atoms with Crippen molar-refractivity contribution < 1.29 is 9.72 Å². The molecule has 3 rings (SSSR count). The second-order valence-corrected chi connectivity index (χ2v) is 6.91. The fraction of sp³-hybridized carbons (Fsp3) is 0.412. The molecule has 1 N–H and O–H groups in total. The van der Waals surface area contributed by atoms with Gasteiger partial charge in [-0.3, -0.25) is 29.0 Å². The lowest BCUT2D eigenvalue weighted by Crippen LogP contribution is -2.40. The summed E-state index contributed by atoms with van der Waals surface area (Å²) in [6.07, 6.45) is 7.44. The summed E-state index contributed by atoms with van der Waals surface area (Å²) >= 11 is 0. The minimum atomic E-state index is -1.12. The number of anilines is 1. The van der Waals surface area contributed by atoms with Gasteiger partial charge in [-0.1, -0.05) is 0 Å². The minimum Gasteiger partial charge on any atom is -0.321 e. The van der Waals surface area contributed by atoms with Crippen molar-refractivity contribution in [2.75, 3.05) is 5.32 Å². The molecule has 0 radical (unpaired) electrons. The number of aryl methyl sites for hydroxylation is 1. The molecule has 148 valence electrons. The molecule has 0 fully saturated rings.